The number of benzene rings is 1. The second-order valence-electron chi connectivity index (χ2n) is 4.67. The summed E-state index contributed by atoms with van der Waals surface area (Å²) in [5.74, 6) is 0.690. The molecular formula is C14H21FN2O2. The fraction of sp³-hybridized carbons (Fsp3) is 0.500. The smallest absolute Gasteiger partial charge is 0.314 e. The van der Waals surface area contributed by atoms with Crippen molar-refractivity contribution in [3.8, 4) is 5.75 Å². The molecule has 0 atom stereocenters. The number of nitrogens with one attached hydrogen (secondary N) is 2. The van der Waals surface area contributed by atoms with Gasteiger partial charge in [-0.05, 0) is 24.5 Å². The van der Waals surface area contributed by atoms with Crippen LogP contribution in [0.4, 0.5) is 9.18 Å². The van der Waals surface area contributed by atoms with Crippen molar-refractivity contribution in [2.45, 2.75) is 20.3 Å². The maximum absolute atomic E-state index is 12.8. The number of hydrogen-bond acceptors (Lipinski definition) is 2. The Morgan fingerprint density at radius 2 is 2.05 bits per heavy atom. The summed E-state index contributed by atoms with van der Waals surface area (Å²) in [4.78, 5) is 11.4. The van der Waals surface area contributed by atoms with Gasteiger partial charge in [-0.1, -0.05) is 19.9 Å². The van der Waals surface area contributed by atoms with Crippen molar-refractivity contribution in [1.82, 2.24) is 10.6 Å². The van der Waals surface area contributed by atoms with Gasteiger partial charge >= 0.3 is 6.03 Å². The summed E-state index contributed by atoms with van der Waals surface area (Å²) >= 11 is 0. The molecule has 2 amide bonds. The minimum atomic E-state index is -0.336. The summed E-state index contributed by atoms with van der Waals surface area (Å²) in [6.45, 7) is 5.55. The Hall–Kier alpha value is -1.78. The van der Waals surface area contributed by atoms with Crippen molar-refractivity contribution in [3.05, 3.63) is 30.1 Å². The SMILES string of the molecule is CC(C)CCNC(=O)NCCOc1cccc(F)c1. The van der Waals surface area contributed by atoms with E-state index in [1.54, 1.807) is 12.1 Å². The Morgan fingerprint density at radius 1 is 1.32 bits per heavy atom. The van der Waals surface area contributed by atoms with Gasteiger partial charge < -0.3 is 15.4 Å². The van der Waals surface area contributed by atoms with E-state index in [9.17, 15) is 9.18 Å². The summed E-state index contributed by atoms with van der Waals surface area (Å²) in [6, 6.07) is 5.71. The topological polar surface area (TPSA) is 50.4 Å². The molecule has 0 spiro atoms. The van der Waals surface area contributed by atoms with Gasteiger partial charge in [0.1, 0.15) is 18.2 Å². The van der Waals surface area contributed by atoms with Crippen LogP contribution >= 0.6 is 0 Å². The highest BCUT2D eigenvalue weighted by Gasteiger charge is 2.00. The quantitative estimate of drug-likeness (QED) is 0.747. The van der Waals surface area contributed by atoms with Gasteiger partial charge in [0, 0.05) is 12.6 Å². The number of carbonyl (C=O) groups excluding carboxylic acids is 1. The van der Waals surface area contributed by atoms with Gasteiger partial charge in [-0.25, -0.2) is 9.18 Å². The molecule has 0 fully saturated rings. The van der Waals surface area contributed by atoms with Crippen molar-refractivity contribution in [1.29, 1.82) is 0 Å². The van der Waals surface area contributed by atoms with E-state index in [1.807, 2.05) is 0 Å². The molecule has 106 valence electrons. The Kier molecular flexibility index (Phi) is 6.71. The molecule has 2 N–H and O–H groups in total. The van der Waals surface area contributed by atoms with Crippen molar-refractivity contribution >= 4 is 6.03 Å². The van der Waals surface area contributed by atoms with Crippen LogP contribution < -0.4 is 15.4 Å². The maximum atomic E-state index is 12.8. The zero-order chi connectivity index (χ0) is 14.1. The van der Waals surface area contributed by atoms with Crippen LogP contribution in [0, 0.1) is 11.7 Å². The molecule has 0 aliphatic heterocycles. The van der Waals surface area contributed by atoms with Gasteiger partial charge in [0.15, 0.2) is 0 Å². The first-order chi connectivity index (χ1) is 9.08. The number of carbonyl (C=O) groups is 1. The first-order valence-electron chi connectivity index (χ1n) is 6.48. The second-order valence-corrected chi connectivity index (χ2v) is 4.67. The Balaban J connectivity index is 2.08. The normalized spacial score (nSPS) is 10.3. The van der Waals surface area contributed by atoms with Gasteiger partial charge in [0.25, 0.3) is 0 Å². The van der Waals surface area contributed by atoms with E-state index in [0.29, 0.717) is 31.4 Å². The standard InChI is InChI=1S/C14H21FN2O2/c1-11(2)6-7-16-14(18)17-8-9-19-13-5-3-4-12(15)10-13/h3-5,10-11H,6-9H2,1-2H3,(H2,16,17,18). The number of amides is 2. The molecule has 0 heterocycles. The zero-order valence-corrected chi connectivity index (χ0v) is 11.4. The van der Waals surface area contributed by atoms with Gasteiger partial charge in [-0.3, -0.25) is 0 Å². The largest absolute Gasteiger partial charge is 0.492 e. The van der Waals surface area contributed by atoms with E-state index in [2.05, 4.69) is 24.5 Å². The molecule has 1 aromatic carbocycles. The van der Waals surface area contributed by atoms with Gasteiger partial charge in [0.05, 0.1) is 6.54 Å². The fourth-order valence-electron chi connectivity index (χ4n) is 1.43. The number of ether oxygens (including phenoxy) is 1. The van der Waals surface area contributed by atoms with E-state index >= 15 is 0 Å². The van der Waals surface area contributed by atoms with Crippen LogP contribution in [-0.2, 0) is 0 Å². The van der Waals surface area contributed by atoms with E-state index in [-0.39, 0.29) is 11.8 Å². The average molecular weight is 268 g/mol. The van der Waals surface area contributed by atoms with Crippen molar-refractivity contribution in [2.75, 3.05) is 19.7 Å². The van der Waals surface area contributed by atoms with E-state index in [4.69, 9.17) is 4.74 Å². The van der Waals surface area contributed by atoms with E-state index in [0.717, 1.165) is 6.42 Å². The predicted octanol–water partition coefficient (Wildman–Crippen LogP) is 2.55. The van der Waals surface area contributed by atoms with Crippen LogP contribution in [0.2, 0.25) is 0 Å². The summed E-state index contributed by atoms with van der Waals surface area (Å²) in [7, 11) is 0. The molecule has 5 heteroatoms. The Bertz CT molecular complexity index is 397. The number of rotatable bonds is 7. The lowest BCUT2D eigenvalue weighted by Gasteiger charge is -2.10. The highest BCUT2D eigenvalue weighted by atomic mass is 19.1. The van der Waals surface area contributed by atoms with Crippen LogP contribution in [0.15, 0.2) is 24.3 Å². The van der Waals surface area contributed by atoms with Crippen LogP contribution in [0.1, 0.15) is 20.3 Å². The first-order valence-corrected chi connectivity index (χ1v) is 6.48. The predicted molar refractivity (Wildman–Crippen MR) is 72.8 cm³/mol. The molecule has 0 saturated carbocycles. The monoisotopic (exact) mass is 268 g/mol. The fourth-order valence-corrected chi connectivity index (χ4v) is 1.43. The Labute approximate surface area is 113 Å². The van der Waals surface area contributed by atoms with Gasteiger partial charge in [-0.15, -0.1) is 0 Å². The van der Waals surface area contributed by atoms with Crippen molar-refractivity contribution in [3.63, 3.8) is 0 Å². The lowest BCUT2D eigenvalue weighted by molar-refractivity contribution is 0.236. The molecule has 0 bridgehead atoms. The molecule has 1 rings (SSSR count). The molecule has 0 unspecified atom stereocenters. The summed E-state index contributed by atoms with van der Waals surface area (Å²) in [6.07, 6.45) is 0.952. The van der Waals surface area contributed by atoms with Gasteiger partial charge in [0.2, 0.25) is 0 Å². The third-order valence-electron chi connectivity index (χ3n) is 2.46. The molecule has 1 aromatic rings. The molecule has 0 aliphatic carbocycles. The average Bonchev–Trinajstić information content (AvgIpc) is 2.34. The molecular weight excluding hydrogens is 247 g/mol. The van der Waals surface area contributed by atoms with Crippen molar-refractivity contribution < 1.29 is 13.9 Å². The molecule has 19 heavy (non-hydrogen) atoms. The Morgan fingerprint density at radius 3 is 2.74 bits per heavy atom. The second kappa shape index (κ2) is 8.34. The van der Waals surface area contributed by atoms with E-state index in [1.165, 1.54) is 12.1 Å². The minimum absolute atomic E-state index is 0.205. The molecule has 4 nitrogen and oxygen atoms in total. The summed E-state index contributed by atoms with van der Waals surface area (Å²) in [5.41, 5.74) is 0. The molecule has 0 radical (unpaired) electrons. The summed E-state index contributed by atoms with van der Waals surface area (Å²) < 4.78 is 18.1. The van der Waals surface area contributed by atoms with Crippen molar-refractivity contribution in [2.24, 2.45) is 5.92 Å². The highest BCUT2D eigenvalue weighted by molar-refractivity contribution is 5.73. The maximum Gasteiger partial charge on any atom is 0.314 e. The number of hydrogen-bond donors (Lipinski definition) is 2. The molecule has 0 aromatic heterocycles. The van der Waals surface area contributed by atoms with Crippen LogP contribution in [0.3, 0.4) is 0 Å². The van der Waals surface area contributed by atoms with E-state index < -0.39 is 0 Å². The molecule has 0 aliphatic rings. The molecule has 0 saturated heterocycles. The van der Waals surface area contributed by atoms with Crippen LogP contribution in [0.5, 0.6) is 5.75 Å². The van der Waals surface area contributed by atoms with Crippen LogP contribution in [-0.4, -0.2) is 25.7 Å². The first kappa shape index (κ1) is 15.3. The number of halogens is 1. The third-order valence-corrected chi connectivity index (χ3v) is 2.46. The minimum Gasteiger partial charge on any atom is -0.492 e. The lowest BCUT2D eigenvalue weighted by atomic mass is 10.1. The number of urea groups is 1. The lowest BCUT2D eigenvalue weighted by Crippen LogP contribution is -2.38. The highest BCUT2D eigenvalue weighted by Crippen LogP contribution is 2.11. The van der Waals surface area contributed by atoms with Crippen LogP contribution in [0.25, 0.3) is 0 Å². The zero-order valence-electron chi connectivity index (χ0n) is 11.4. The summed E-state index contributed by atoms with van der Waals surface area (Å²) in [5, 5.41) is 5.43. The van der Waals surface area contributed by atoms with Gasteiger partial charge in [-0.2, -0.15) is 0 Å². The third kappa shape index (κ3) is 7.28.